The summed E-state index contributed by atoms with van der Waals surface area (Å²) in [4.78, 5) is 2.52. The van der Waals surface area contributed by atoms with Crippen LogP contribution in [0.25, 0.3) is 0 Å². The quantitative estimate of drug-likeness (QED) is 0.871. The SMILES string of the molecule is CCNCC(C)c1ccc(CN2CCOCC2(C)C)cc1. The van der Waals surface area contributed by atoms with E-state index in [0.717, 1.165) is 39.4 Å². The molecule has 21 heavy (non-hydrogen) atoms. The average molecular weight is 290 g/mol. The molecule has 1 aromatic carbocycles. The van der Waals surface area contributed by atoms with E-state index in [0.29, 0.717) is 5.92 Å². The zero-order valence-corrected chi connectivity index (χ0v) is 14.0. The molecular weight excluding hydrogens is 260 g/mol. The average Bonchev–Trinajstić information content (AvgIpc) is 2.47. The predicted molar refractivity (Wildman–Crippen MR) is 88.7 cm³/mol. The van der Waals surface area contributed by atoms with Gasteiger partial charge in [-0.1, -0.05) is 38.1 Å². The standard InChI is InChI=1S/C18H30N2O/c1-5-19-12-15(2)17-8-6-16(7-9-17)13-20-10-11-21-14-18(20,3)4/h6-9,15,19H,5,10-14H2,1-4H3. The minimum absolute atomic E-state index is 0.134. The topological polar surface area (TPSA) is 24.5 Å². The van der Waals surface area contributed by atoms with Gasteiger partial charge in [-0.05, 0) is 37.4 Å². The van der Waals surface area contributed by atoms with Crippen molar-refractivity contribution in [1.29, 1.82) is 0 Å². The summed E-state index contributed by atoms with van der Waals surface area (Å²) < 4.78 is 5.59. The fourth-order valence-electron chi connectivity index (χ4n) is 2.83. The molecule has 0 aromatic heterocycles. The Hall–Kier alpha value is -0.900. The minimum atomic E-state index is 0.134. The van der Waals surface area contributed by atoms with Crippen LogP contribution in [0.3, 0.4) is 0 Å². The Labute approximate surface area is 129 Å². The van der Waals surface area contributed by atoms with E-state index >= 15 is 0 Å². The Morgan fingerprint density at radius 1 is 1.29 bits per heavy atom. The maximum absolute atomic E-state index is 5.59. The number of morpholine rings is 1. The number of ether oxygens (including phenoxy) is 1. The number of nitrogens with zero attached hydrogens (tertiary/aromatic N) is 1. The van der Waals surface area contributed by atoms with Gasteiger partial charge in [0.25, 0.3) is 0 Å². The van der Waals surface area contributed by atoms with Gasteiger partial charge in [-0.3, -0.25) is 4.90 Å². The third-order valence-electron chi connectivity index (χ3n) is 4.44. The van der Waals surface area contributed by atoms with E-state index in [9.17, 15) is 0 Å². The molecule has 1 atom stereocenters. The Morgan fingerprint density at radius 2 is 2.00 bits per heavy atom. The van der Waals surface area contributed by atoms with Crippen LogP contribution in [0.5, 0.6) is 0 Å². The van der Waals surface area contributed by atoms with Crippen molar-refractivity contribution >= 4 is 0 Å². The molecule has 1 saturated heterocycles. The van der Waals surface area contributed by atoms with Gasteiger partial charge in [0.05, 0.1) is 13.2 Å². The highest BCUT2D eigenvalue weighted by molar-refractivity contribution is 5.25. The zero-order valence-electron chi connectivity index (χ0n) is 14.0. The first-order chi connectivity index (χ1) is 10.0. The first-order valence-electron chi connectivity index (χ1n) is 8.15. The van der Waals surface area contributed by atoms with Crippen LogP contribution in [-0.2, 0) is 11.3 Å². The lowest BCUT2D eigenvalue weighted by molar-refractivity contribution is -0.0552. The van der Waals surface area contributed by atoms with Gasteiger partial charge in [-0.15, -0.1) is 0 Å². The van der Waals surface area contributed by atoms with E-state index < -0.39 is 0 Å². The highest BCUT2D eigenvalue weighted by atomic mass is 16.5. The van der Waals surface area contributed by atoms with Crippen molar-refractivity contribution in [1.82, 2.24) is 10.2 Å². The van der Waals surface area contributed by atoms with Gasteiger partial charge < -0.3 is 10.1 Å². The van der Waals surface area contributed by atoms with Crippen molar-refractivity contribution in [2.75, 3.05) is 32.8 Å². The Morgan fingerprint density at radius 3 is 2.62 bits per heavy atom. The van der Waals surface area contributed by atoms with Crippen molar-refractivity contribution < 1.29 is 4.74 Å². The molecule has 0 bridgehead atoms. The number of rotatable bonds is 6. The number of hydrogen-bond donors (Lipinski definition) is 1. The summed E-state index contributed by atoms with van der Waals surface area (Å²) in [6.45, 7) is 14.7. The first-order valence-corrected chi connectivity index (χ1v) is 8.15. The van der Waals surface area contributed by atoms with E-state index in [1.807, 2.05) is 0 Å². The third-order valence-corrected chi connectivity index (χ3v) is 4.44. The van der Waals surface area contributed by atoms with Crippen LogP contribution in [-0.4, -0.2) is 43.3 Å². The van der Waals surface area contributed by atoms with Crippen molar-refractivity contribution in [2.45, 2.75) is 45.7 Å². The van der Waals surface area contributed by atoms with Crippen molar-refractivity contribution in [3.8, 4) is 0 Å². The molecule has 3 nitrogen and oxygen atoms in total. The predicted octanol–water partition coefficient (Wildman–Crippen LogP) is 3.01. The number of nitrogens with one attached hydrogen (secondary N) is 1. The highest BCUT2D eigenvalue weighted by Crippen LogP contribution is 2.22. The second-order valence-corrected chi connectivity index (χ2v) is 6.74. The van der Waals surface area contributed by atoms with Crippen LogP contribution in [0.4, 0.5) is 0 Å². The summed E-state index contributed by atoms with van der Waals surface area (Å²) in [6.07, 6.45) is 0. The first kappa shape index (κ1) is 16.5. The second kappa shape index (κ2) is 7.39. The fourth-order valence-corrected chi connectivity index (χ4v) is 2.83. The number of likely N-dealkylation sites (N-methyl/N-ethyl adjacent to an activating group) is 1. The Bertz CT molecular complexity index is 427. The van der Waals surface area contributed by atoms with Gasteiger partial charge in [-0.25, -0.2) is 0 Å². The van der Waals surface area contributed by atoms with E-state index in [-0.39, 0.29) is 5.54 Å². The molecule has 0 saturated carbocycles. The summed E-state index contributed by atoms with van der Waals surface area (Å²) in [6, 6.07) is 9.13. The van der Waals surface area contributed by atoms with Gasteiger partial charge >= 0.3 is 0 Å². The van der Waals surface area contributed by atoms with Crippen molar-refractivity contribution in [3.05, 3.63) is 35.4 Å². The lowest BCUT2D eigenvalue weighted by atomic mass is 9.98. The largest absolute Gasteiger partial charge is 0.378 e. The molecule has 1 unspecified atom stereocenters. The van der Waals surface area contributed by atoms with Gasteiger partial charge in [0.15, 0.2) is 0 Å². The van der Waals surface area contributed by atoms with Crippen LogP contribution in [0.1, 0.15) is 44.7 Å². The normalized spacial score (nSPS) is 20.4. The molecule has 1 aromatic rings. The summed E-state index contributed by atoms with van der Waals surface area (Å²) in [5.41, 5.74) is 2.94. The Kier molecular flexibility index (Phi) is 5.80. The molecule has 1 N–H and O–H groups in total. The zero-order chi connectivity index (χ0) is 15.3. The Balaban J connectivity index is 1.95. The molecule has 2 rings (SSSR count). The molecule has 1 aliphatic heterocycles. The van der Waals surface area contributed by atoms with E-state index in [1.165, 1.54) is 11.1 Å². The molecule has 1 fully saturated rings. The molecule has 0 amide bonds. The molecule has 0 radical (unpaired) electrons. The fraction of sp³-hybridized carbons (Fsp3) is 0.667. The van der Waals surface area contributed by atoms with Crippen LogP contribution in [0, 0.1) is 0 Å². The summed E-state index contributed by atoms with van der Waals surface area (Å²) in [5, 5.41) is 3.42. The van der Waals surface area contributed by atoms with Crippen LogP contribution >= 0.6 is 0 Å². The number of benzene rings is 1. The van der Waals surface area contributed by atoms with Gasteiger partial charge in [-0.2, -0.15) is 0 Å². The van der Waals surface area contributed by atoms with Crippen LogP contribution in [0.2, 0.25) is 0 Å². The lowest BCUT2D eigenvalue weighted by Gasteiger charge is -2.42. The van der Waals surface area contributed by atoms with Crippen molar-refractivity contribution in [3.63, 3.8) is 0 Å². The van der Waals surface area contributed by atoms with E-state index in [4.69, 9.17) is 4.74 Å². The van der Waals surface area contributed by atoms with E-state index in [1.54, 1.807) is 0 Å². The van der Waals surface area contributed by atoms with Crippen LogP contribution < -0.4 is 5.32 Å². The third kappa shape index (κ3) is 4.53. The van der Waals surface area contributed by atoms with Gasteiger partial charge in [0, 0.05) is 25.2 Å². The molecule has 1 aliphatic rings. The monoisotopic (exact) mass is 290 g/mol. The number of hydrogen-bond acceptors (Lipinski definition) is 3. The smallest absolute Gasteiger partial charge is 0.0645 e. The molecule has 0 aliphatic carbocycles. The minimum Gasteiger partial charge on any atom is -0.378 e. The summed E-state index contributed by atoms with van der Waals surface area (Å²) >= 11 is 0. The highest BCUT2D eigenvalue weighted by Gasteiger charge is 2.30. The second-order valence-electron chi connectivity index (χ2n) is 6.74. The summed E-state index contributed by atoms with van der Waals surface area (Å²) in [5.74, 6) is 0.568. The van der Waals surface area contributed by atoms with Gasteiger partial charge in [0.1, 0.15) is 0 Å². The van der Waals surface area contributed by atoms with E-state index in [2.05, 4.69) is 62.2 Å². The maximum Gasteiger partial charge on any atom is 0.0645 e. The van der Waals surface area contributed by atoms with Crippen molar-refractivity contribution in [2.24, 2.45) is 0 Å². The molecule has 3 heteroatoms. The molecule has 118 valence electrons. The van der Waals surface area contributed by atoms with Gasteiger partial charge in [0.2, 0.25) is 0 Å². The lowest BCUT2D eigenvalue weighted by Crippen LogP contribution is -2.52. The molecule has 1 heterocycles. The maximum atomic E-state index is 5.59. The van der Waals surface area contributed by atoms with Crippen LogP contribution in [0.15, 0.2) is 24.3 Å². The molecule has 0 spiro atoms. The summed E-state index contributed by atoms with van der Waals surface area (Å²) in [7, 11) is 0. The molecular formula is C18H30N2O.